The summed E-state index contributed by atoms with van der Waals surface area (Å²) in [5.74, 6) is -0.137. The zero-order chi connectivity index (χ0) is 20.4. The summed E-state index contributed by atoms with van der Waals surface area (Å²) in [6.07, 6.45) is 3.70. The summed E-state index contributed by atoms with van der Waals surface area (Å²) >= 11 is 12.3. The Morgan fingerprint density at radius 1 is 1.10 bits per heavy atom. The fourth-order valence-electron chi connectivity index (χ4n) is 4.06. The van der Waals surface area contributed by atoms with E-state index in [1.807, 2.05) is 35.9 Å². The maximum atomic E-state index is 13.6. The minimum atomic E-state index is -0.365. The molecule has 6 nitrogen and oxygen atoms in total. The Balaban J connectivity index is 1.75. The number of hydrogen-bond donors (Lipinski definition) is 0. The molecule has 0 spiro atoms. The van der Waals surface area contributed by atoms with Crippen molar-refractivity contribution < 1.29 is 4.79 Å². The molecule has 1 aromatic carbocycles. The van der Waals surface area contributed by atoms with Gasteiger partial charge in [-0.1, -0.05) is 35.3 Å². The van der Waals surface area contributed by atoms with E-state index >= 15 is 0 Å². The molecule has 0 unspecified atom stereocenters. The van der Waals surface area contributed by atoms with Gasteiger partial charge in [-0.2, -0.15) is 5.10 Å². The zero-order valence-electron chi connectivity index (χ0n) is 15.9. The Labute approximate surface area is 177 Å². The van der Waals surface area contributed by atoms with Crippen molar-refractivity contribution in [2.75, 3.05) is 4.90 Å². The highest BCUT2D eigenvalue weighted by molar-refractivity contribution is 6.31. The van der Waals surface area contributed by atoms with Gasteiger partial charge < -0.3 is 4.57 Å². The first kappa shape index (κ1) is 18.5. The molecule has 3 aromatic rings. The van der Waals surface area contributed by atoms with Gasteiger partial charge in [0.1, 0.15) is 10.7 Å². The highest BCUT2D eigenvalue weighted by atomic mass is 35.5. The fourth-order valence-corrected chi connectivity index (χ4v) is 4.43. The number of aryl methyl sites for hydroxylation is 2. The SMILES string of the molecule is Cc1nn(C2CC2)c2c1[C@@H](c1ccc(Cl)cc1)N(c1cc(Cl)c(=O)n(C)c1)C2=O. The van der Waals surface area contributed by atoms with Crippen LogP contribution in [0.2, 0.25) is 10.0 Å². The van der Waals surface area contributed by atoms with E-state index in [1.165, 1.54) is 4.57 Å². The second kappa shape index (κ2) is 6.47. The van der Waals surface area contributed by atoms with Crippen molar-refractivity contribution in [2.24, 2.45) is 7.05 Å². The van der Waals surface area contributed by atoms with Crippen LogP contribution in [0.1, 0.15) is 52.2 Å². The summed E-state index contributed by atoms with van der Waals surface area (Å²) in [6.45, 7) is 1.94. The molecule has 5 rings (SSSR count). The molecular weight excluding hydrogens is 411 g/mol. The normalized spacial score (nSPS) is 18.4. The van der Waals surface area contributed by atoms with Gasteiger partial charge in [-0.05, 0) is 43.5 Å². The van der Waals surface area contributed by atoms with Crippen LogP contribution in [-0.2, 0) is 7.05 Å². The molecule has 148 valence electrons. The van der Waals surface area contributed by atoms with E-state index in [2.05, 4.69) is 5.10 Å². The topological polar surface area (TPSA) is 60.1 Å². The average Bonchev–Trinajstić information content (AvgIpc) is 3.41. The predicted molar refractivity (Wildman–Crippen MR) is 112 cm³/mol. The average molecular weight is 429 g/mol. The number of fused-ring (bicyclic) bond motifs is 1. The van der Waals surface area contributed by atoms with Gasteiger partial charge in [0.2, 0.25) is 0 Å². The number of anilines is 1. The number of rotatable bonds is 3. The fraction of sp³-hybridized carbons (Fsp3) is 0.286. The van der Waals surface area contributed by atoms with Crippen molar-refractivity contribution in [3.8, 4) is 0 Å². The Morgan fingerprint density at radius 2 is 1.79 bits per heavy atom. The summed E-state index contributed by atoms with van der Waals surface area (Å²) in [6, 6.07) is 8.92. The van der Waals surface area contributed by atoms with E-state index in [0.29, 0.717) is 16.4 Å². The van der Waals surface area contributed by atoms with Crippen molar-refractivity contribution in [1.29, 1.82) is 0 Å². The molecule has 2 aliphatic rings. The Hall–Kier alpha value is -2.57. The first-order valence-corrected chi connectivity index (χ1v) is 10.2. The van der Waals surface area contributed by atoms with Crippen molar-refractivity contribution in [3.05, 3.63) is 79.4 Å². The third kappa shape index (κ3) is 2.81. The summed E-state index contributed by atoms with van der Waals surface area (Å²) in [5, 5.41) is 5.38. The van der Waals surface area contributed by atoms with Crippen LogP contribution < -0.4 is 10.5 Å². The van der Waals surface area contributed by atoms with Crippen LogP contribution in [0.4, 0.5) is 5.69 Å². The van der Waals surface area contributed by atoms with Gasteiger partial charge in [-0.25, -0.2) is 0 Å². The highest BCUT2D eigenvalue weighted by Gasteiger charge is 2.46. The second-order valence-electron chi connectivity index (χ2n) is 7.61. The smallest absolute Gasteiger partial charge is 0.277 e. The van der Waals surface area contributed by atoms with Gasteiger partial charge in [0, 0.05) is 23.8 Å². The van der Waals surface area contributed by atoms with Gasteiger partial charge in [0.25, 0.3) is 11.5 Å². The maximum Gasteiger partial charge on any atom is 0.277 e. The molecule has 1 aliphatic heterocycles. The lowest BCUT2D eigenvalue weighted by Gasteiger charge is -2.27. The van der Waals surface area contributed by atoms with Crippen molar-refractivity contribution in [1.82, 2.24) is 14.3 Å². The third-order valence-electron chi connectivity index (χ3n) is 5.57. The molecule has 0 bridgehead atoms. The predicted octanol–water partition coefficient (Wildman–Crippen LogP) is 4.28. The van der Waals surface area contributed by atoms with Crippen LogP contribution in [0.3, 0.4) is 0 Å². The lowest BCUT2D eigenvalue weighted by atomic mass is 9.99. The molecule has 0 N–H and O–H groups in total. The monoisotopic (exact) mass is 428 g/mol. The number of halogens is 2. The number of hydrogen-bond acceptors (Lipinski definition) is 3. The van der Waals surface area contributed by atoms with Crippen LogP contribution in [0.25, 0.3) is 0 Å². The van der Waals surface area contributed by atoms with E-state index in [0.717, 1.165) is 29.7 Å². The standard InChI is InChI=1S/C21H18Cl2N4O2/c1-11-17-18(12-3-5-13(22)6-4-12)26(15-9-16(23)20(28)25(2)10-15)21(29)19(17)27(24-11)14-7-8-14/h3-6,9-10,14,18H,7-8H2,1-2H3/t18-/m1/s1. The van der Waals surface area contributed by atoms with Gasteiger partial charge >= 0.3 is 0 Å². The minimum absolute atomic E-state index is 0.0733. The molecule has 1 saturated carbocycles. The Morgan fingerprint density at radius 3 is 2.41 bits per heavy atom. The summed E-state index contributed by atoms with van der Waals surface area (Å²) in [7, 11) is 1.62. The lowest BCUT2D eigenvalue weighted by Crippen LogP contribution is -2.31. The lowest BCUT2D eigenvalue weighted by molar-refractivity contribution is 0.0983. The highest BCUT2D eigenvalue weighted by Crippen LogP contribution is 2.46. The molecular formula is C21H18Cl2N4O2. The first-order valence-electron chi connectivity index (χ1n) is 9.41. The van der Waals surface area contributed by atoms with Gasteiger partial charge in [-0.15, -0.1) is 0 Å². The largest absolute Gasteiger partial charge is 0.315 e. The minimum Gasteiger partial charge on any atom is -0.315 e. The van der Waals surface area contributed by atoms with Crippen molar-refractivity contribution in [2.45, 2.75) is 31.8 Å². The third-order valence-corrected chi connectivity index (χ3v) is 6.09. The van der Waals surface area contributed by atoms with Crippen LogP contribution in [0.15, 0.2) is 41.3 Å². The van der Waals surface area contributed by atoms with E-state index < -0.39 is 0 Å². The van der Waals surface area contributed by atoms with Crippen molar-refractivity contribution >= 4 is 34.8 Å². The van der Waals surface area contributed by atoms with E-state index in [-0.39, 0.29) is 28.6 Å². The van der Waals surface area contributed by atoms with Crippen LogP contribution in [0.5, 0.6) is 0 Å². The zero-order valence-corrected chi connectivity index (χ0v) is 17.4. The van der Waals surface area contributed by atoms with E-state index in [4.69, 9.17) is 23.2 Å². The molecule has 1 aliphatic carbocycles. The number of benzene rings is 1. The molecule has 0 saturated heterocycles. The van der Waals surface area contributed by atoms with Gasteiger partial charge in [0.05, 0.1) is 23.5 Å². The number of carbonyl (C=O) groups is 1. The van der Waals surface area contributed by atoms with E-state index in [9.17, 15) is 9.59 Å². The van der Waals surface area contributed by atoms with Gasteiger partial charge in [0.15, 0.2) is 0 Å². The van der Waals surface area contributed by atoms with Gasteiger partial charge in [-0.3, -0.25) is 19.2 Å². The molecule has 1 fully saturated rings. The number of aromatic nitrogens is 3. The molecule has 3 heterocycles. The van der Waals surface area contributed by atoms with Crippen LogP contribution in [0, 0.1) is 6.92 Å². The quantitative estimate of drug-likeness (QED) is 0.625. The molecule has 0 radical (unpaired) electrons. The molecule has 1 amide bonds. The number of nitrogens with zero attached hydrogens (tertiary/aromatic N) is 4. The molecule has 8 heteroatoms. The van der Waals surface area contributed by atoms with Crippen molar-refractivity contribution in [3.63, 3.8) is 0 Å². The van der Waals surface area contributed by atoms with E-state index in [1.54, 1.807) is 24.2 Å². The maximum absolute atomic E-state index is 13.6. The molecule has 1 atom stereocenters. The summed E-state index contributed by atoms with van der Waals surface area (Å²) < 4.78 is 3.27. The summed E-state index contributed by atoms with van der Waals surface area (Å²) in [5.41, 5.74) is 3.54. The number of amides is 1. The second-order valence-corrected chi connectivity index (χ2v) is 8.46. The first-order chi connectivity index (χ1) is 13.9. The van der Waals surface area contributed by atoms with Crippen LogP contribution in [-0.4, -0.2) is 20.3 Å². The number of carbonyl (C=O) groups excluding carboxylic acids is 1. The Kier molecular flexibility index (Phi) is 4.12. The molecule has 29 heavy (non-hydrogen) atoms. The molecule has 2 aromatic heterocycles. The summed E-state index contributed by atoms with van der Waals surface area (Å²) in [4.78, 5) is 27.4. The Bertz CT molecular complexity index is 1180. The van der Waals surface area contributed by atoms with Crippen LogP contribution >= 0.6 is 23.2 Å². The number of pyridine rings is 1.